The predicted octanol–water partition coefficient (Wildman–Crippen LogP) is 3.84. The van der Waals surface area contributed by atoms with Crippen molar-refractivity contribution in [1.82, 2.24) is 14.7 Å². The van der Waals surface area contributed by atoms with Crippen LogP contribution in [0.5, 0.6) is 0 Å². The number of benzene rings is 2. The second kappa shape index (κ2) is 7.62. The summed E-state index contributed by atoms with van der Waals surface area (Å²) in [6.07, 6.45) is -4.19. The van der Waals surface area contributed by atoms with E-state index < -0.39 is 11.7 Å². The summed E-state index contributed by atoms with van der Waals surface area (Å²) in [4.78, 5) is 7.24. The Morgan fingerprint density at radius 2 is 1.30 bits per heavy atom. The molecule has 0 spiro atoms. The molecule has 2 atom stereocenters. The van der Waals surface area contributed by atoms with Crippen molar-refractivity contribution in [3.8, 4) is 0 Å². The van der Waals surface area contributed by atoms with E-state index >= 15 is 0 Å². The first-order valence-corrected chi connectivity index (χ1v) is 9.42. The first-order valence-electron chi connectivity index (χ1n) is 9.42. The highest BCUT2D eigenvalue weighted by Gasteiger charge is 2.36. The van der Waals surface area contributed by atoms with Gasteiger partial charge in [-0.15, -0.1) is 0 Å². The Balaban J connectivity index is 1.45. The van der Waals surface area contributed by atoms with Gasteiger partial charge in [-0.1, -0.05) is 42.5 Å². The molecule has 2 bridgehead atoms. The molecule has 27 heavy (non-hydrogen) atoms. The fraction of sp³-hybridized carbons (Fsp3) is 0.429. The van der Waals surface area contributed by atoms with Gasteiger partial charge in [0.05, 0.1) is 11.7 Å². The molecule has 3 nitrogen and oxygen atoms in total. The third-order valence-electron chi connectivity index (χ3n) is 5.56. The number of hydrogen-bond acceptors (Lipinski definition) is 3. The zero-order valence-electron chi connectivity index (χ0n) is 15.2. The third kappa shape index (κ3) is 4.18. The molecule has 2 aliphatic heterocycles. The van der Waals surface area contributed by atoms with Crippen molar-refractivity contribution in [2.24, 2.45) is 0 Å². The summed E-state index contributed by atoms with van der Waals surface area (Å²) in [5, 5.41) is 0. The van der Waals surface area contributed by atoms with Gasteiger partial charge in [0, 0.05) is 45.8 Å². The zero-order valence-corrected chi connectivity index (χ0v) is 15.2. The van der Waals surface area contributed by atoms with Crippen LogP contribution in [0.25, 0.3) is 0 Å². The third-order valence-corrected chi connectivity index (χ3v) is 5.56. The lowest BCUT2D eigenvalue weighted by Crippen LogP contribution is -2.43. The van der Waals surface area contributed by atoms with Crippen molar-refractivity contribution in [2.75, 3.05) is 39.3 Å². The molecule has 0 saturated carbocycles. The first kappa shape index (κ1) is 18.5. The number of rotatable bonds is 3. The minimum Gasteiger partial charge on any atom is -0.297 e. The molecular formula is C21H24F3N3. The fourth-order valence-electron chi connectivity index (χ4n) is 4.12. The van der Waals surface area contributed by atoms with Gasteiger partial charge in [-0.2, -0.15) is 13.2 Å². The summed E-state index contributed by atoms with van der Waals surface area (Å²) < 4.78 is 38.5. The van der Waals surface area contributed by atoms with Crippen LogP contribution in [0.1, 0.15) is 22.9 Å². The van der Waals surface area contributed by atoms with Crippen LogP contribution in [0.2, 0.25) is 0 Å². The number of fused-ring (bicyclic) bond motifs is 2. The van der Waals surface area contributed by atoms with Gasteiger partial charge in [0.2, 0.25) is 0 Å². The average molecular weight is 375 g/mol. The molecule has 2 aromatic rings. The summed E-state index contributed by atoms with van der Waals surface area (Å²) in [5.74, 6) is 0. The summed E-state index contributed by atoms with van der Waals surface area (Å²) >= 11 is 0. The number of nitrogens with zero attached hydrogens (tertiary/aromatic N) is 3. The van der Waals surface area contributed by atoms with Crippen molar-refractivity contribution in [1.29, 1.82) is 0 Å². The lowest BCUT2D eigenvalue weighted by atomic mass is 10.1. The molecule has 2 saturated heterocycles. The molecule has 2 fully saturated rings. The first-order chi connectivity index (χ1) is 13.0. The van der Waals surface area contributed by atoms with Gasteiger partial charge < -0.3 is 0 Å². The Kier molecular flexibility index (Phi) is 5.21. The summed E-state index contributed by atoms with van der Waals surface area (Å²) in [7, 11) is 0. The molecule has 0 radical (unpaired) electrons. The lowest BCUT2D eigenvalue weighted by Gasteiger charge is -2.36. The van der Waals surface area contributed by atoms with Crippen LogP contribution in [0.15, 0.2) is 54.6 Å². The van der Waals surface area contributed by atoms with Gasteiger partial charge in [0.15, 0.2) is 0 Å². The van der Waals surface area contributed by atoms with E-state index in [9.17, 15) is 13.2 Å². The lowest BCUT2D eigenvalue weighted by molar-refractivity contribution is -0.137. The topological polar surface area (TPSA) is 9.72 Å². The van der Waals surface area contributed by atoms with E-state index in [1.807, 2.05) is 6.07 Å². The molecule has 0 amide bonds. The predicted molar refractivity (Wildman–Crippen MR) is 99.1 cm³/mol. The van der Waals surface area contributed by atoms with Crippen LogP contribution in [-0.4, -0.2) is 54.0 Å². The molecule has 2 heterocycles. The van der Waals surface area contributed by atoms with Crippen LogP contribution in [0, 0.1) is 0 Å². The van der Waals surface area contributed by atoms with Gasteiger partial charge in [-0.25, -0.2) is 0 Å². The smallest absolute Gasteiger partial charge is 0.297 e. The second-order valence-corrected chi connectivity index (χ2v) is 7.33. The summed E-state index contributed by atoms with van der Waals surface area (Å²) in [6, 6.07) is 16.2. The molecule has 2 aliphatic rings. The maximum atomic E-state index is 12.8. The van der Waals surface area contributed by atoms with Gasteiger partial charge in [-0.3, -0.25) is 14.7 Å². The van der Waals surface area contributed by atoms with Crippen LogP contribution < -0.4 is 0 Å². The molecule has 2 unspecified atom stereocenters. The number of halogens is 3. The highest BCUT2D eigenvalue weighted by atomic mass is 19.4. The van der Waals surface area contributed by atoms with Crippen LogP contribution in [0.3, 0.4) is 0 Å². The van der Waals surface area contributed by atoms with Crippen molar-refractivity contribution >= 4 is 0 Å². The normalized spacial score (nSPS) is 26.6. The molecule has 2 aromatic carbocycles. The number of hydrogen-bond donors (Lipinski definition) is 0. The molecule has 0 aromatic heterocycles. The standard InChI is InChI=1S/C21H24F3N3/c22-21(23,24)19-8-6-18(7-9-19)20-26-12-10-25(11-13-27(20)15-14-26)16-17-4-2-1-3-5-17/h1-9,20H,10-16H2. The monoisotopic (exact) mass is 375 g/mol. The Bertz CT molecular complexity index is 730. The Hall–Kier alpha value is -1.89. The SMILES string of the molecule is FC(F)(F)c1ccc(C2N3CCN(Cc4ccccc4)CCN2CC3)cc1. The van der Waals surface area contributed by atoms with E-state index in [1.165, 1.54) is 17.7 Å². The molecule has 0 N–H and O–H groups in total. The van der Waals surface area contributed by atoms with E-state index in [-0.39, 0.29) is 6.17 Å². The molecule has 0 aliphatic carbocycles. The maximum Gasteiger partial charge on any atom is 0.416 e. The van der Waals surface area contributed by atoms with Crippen LogP contribution >= 0.6 is 0 Å². The highest BCUT2D eigenvalue weighted by Crippen LogP contribution is 2.34. The van der Waals surface area contributed by atoms with E-state index in [0.717, 1.165) is 51.4 Å². The fourth-order valence-corrected chi connectivity index (χ4v) is 4.12. The van der Waals surface area contributed by atoms with Crippen LogP contribution in [0.4, 0.5) is 13.2 Å². The minimum absolute atomic E-state index is 0.0890. The molecule has 6 heteroatoms. The van der Waals surface area contributed by atoms with Gasteiger partial charge in [-0.05, 0) is 23.3 Å². The van der Waals surface area contributed by atoms with Crippen molar-refractivity contribution in [2.45, 2.75) is 18.9 Å². The van der Waals surface area contributed by atoms with Crippen molar-refractivity contribution in [3.05, 3.63) is 71.3 Å². The van der Waals surface area contributed by atoms with E-state index in [0.29, 0.717) is 0 Å². The van der Waals surface area contributed by atoms with Crippen molar-refractivity contribution < 1.29 is 13.2 Å². The van der Waals surface area contributed by atoms with Gasteiger partial charge >= 0.3 is 6.18 Å². The minimum atomic E-state index is -4.28. The molecule has 144 valence electrons. The zero-order chi connectivity index (χ0) is 18.9. The molecular weight excluding hydrogens is 351 g/mol. The Labute approximate surface area is 158 Å². The van der Waals surface area contributed by atoms with E-state index in [1.54, 1.807) is 12.1 Å². The number of alkyl halides is 3. The maximum absolute atomic E-state index is 12.8. The second-order valence-electron chi connectivity index (χ2n) is 7.33. The van der Waals surface area contributed by atoms with E-state index in [2.05, 4.69) is 39.0 Å². The quantitative estimate of drug-likeness (QED) is 0.807. The highest BCUT2D eigenvalue weighted by molar-refractivity contribution is 5.27. The van der Waals surface area contributed by atoms with Gasteiger partial charge in [0.25, 0.3) is 0 Å². The largest absolute Gasteiger partial charge is 0.416 e. The van der Waals surface area contributed by atoms with E-state index in [4.69, 9.17) is 0 Å². The van der Waals surface area contributed by atoms with Crippen LogP contribution in [-0.2, 0) is 12.7 Å². The molecule has 4 rings (SSSR count). The summed E-state index contributed by atoms with van der Waals surface area (Å²) in [5.41, 5.74) is 1.69. The Morgan fingerprint density at radius 1 is 0.741 bits per heavy atom. The van der Waals surface area contributed by atoms with Crippen molar-refractivity contribution in [3.63, 3.8) is 0 Å². The summed E-state index contributed by atoms with van der Waals surface area (Å²) in [6.45, 7) is 6.66. The Morgan fingerprint density at radius 3 is 1.85 bits per heavy atom. The average Bonchev–Trinajstić information content (AvgIpc) is 3.09. The van der Waals surface area contributed by atoms with Gasteiger partial charge in [0.1, 0.15) is 0 Å².